The molecule has 0 amide bonds. The summed E-state index contributed by atoms with van der Waals surface area (Å²) >= 11 is 0. The van der Waals surface area contributed by atoms with Crippen molar-refractivity contribution >= 4 is 12.0 Å². The van der Waals surface area contributed by atoms with Gasteiger partial charge in [0.15, 0.2) is 0 Å². The molecule has 0 saturated heterocycles. The Bertz CT molecular complexity index is 726. The molecule has 3 aromatic heterocycles. The lowest BCUT2D eigenvalue weighted by molar-refractivity contribution is 0.0969. The van der Waals surface area contributed by atoms with E-state index in [1.165, 1.54) is 17.0 Å². The molecule has 5 heteroatoms. The van der Waals surface area contributed by atoms with Crippen LogP contribution in [0.2, 0.25) is 0 Å². The Hall–Kier alpha value is -2.95. The van der Waals surface area contributed by atoms with Gasteiger partial charge >= 0.3 is 0 Å². The lowest BCUT2D eigenvalue weighted by atomic mass is 10.1. The Labute approximate surface area is 115 Å². The molecule has 0 fully saturated rings. The minimum atomic E-state index is -0.137. The second-order valence-electron chi connectivity index (χ2n) is 4.22. The number of aromatic nitrogens is 4. The van der Waals surface area contributed by atoms with Crippen LogP contribution in [0.5, 0.6) is 0 Å². The van der Waals surface area contributed by atoms with Gasteiger partial charge in [0.1, 0.15) is 6.33 Å². The van der Waals surface area contributed by atoms with Crippen molar-refractivity contribution in [3.63, 3.8) is 0 Å². The monoisotopic (exact) mass is 264 g/mol. The molecule has 3 aromatic rings. The minimum Gasteiger partial charge on any atom is -0.361 e. The van der Waals surface area contributed by atoms with Gasteiger partial charge in [-0.2, -0.15) is 0 Å². The van der Waals surface area contributed by atoms with Crippen molar-refractivity contribution in [1.29, 1.82) is 0 Å². The molecule has 5 nitrogen and oxygen atoms in total. The van der Waals surface area contributed by atoms with Crippen LogP contribution in [0.15, 0.2) is 61.6 Å². The average molecular weight is 264 g/mol. The number of carbonyl (C=O) groups is 1. The van der Waals surface area contributed by atoms with E-state index in [1.807, 2.05) is 24.4 Å². The standard InChI is InChI=1S/C15H12N4O/c20-15(19-8-7-17-11-19)2-1-14-9-13(10-18-14)12-3-5-16-6-4-12/h1-11,18H/b2-1+. The topological polar surface area (TPSA) is 63.6 Å². The number of nitrogens with one attached hydrogen (secondary N) is 1. The number of imidazole rings is 1. The quantitative estimate of drug-likeness (QED) is 0.740. The number of aromatic amines is 1. The van der Waals surface area contributed by atoms with Crippen LogP contribution < -0.4 is 0 Å². The van der Waals surface area contributed by atoms with Gasteiger partial charge in [-0.05, 0) is 35.4 Å². The van der Waals surface area contributed by atoms with Crippen molar-refractivity contribution in [3.8, 4) is 11.1 Å². The maximum atomic E-state index is 11.8. The van der Waals surface area contributed by atoms with Gasteiger partial charge < -0.3 is 4.98 Å². The number of carbonyl (C=O) groups excluding carboxylic acids is 1. The van der Waals surface area contributed by atoms with Crippen molar-refractivity contribution in [1.82, 2.24) is 19.5 Å². The summed E-state index contributed by atoms with van der Waals surface area (Å²) in [5.41, 5.74) is 3.00. The molecule has 0 aliphatic rings. The molecule has 0 aromatic carbocycles. The number of allylic oxidation sites excluding steroid dienone is 1. The molecule has 0 radical (unpaired) electrons. The zero-order chi connectivity index (χ0) is 13.8. The molecule has 0 saturated carbocycles. The summed E-state index contributed by atoms with van der Waals surface area (Å²) < 4.78 is 1.42. The van der Waals surface area contributed by atoms with E-state index in [1.54, 1.807) is 30.9 Å². The largest absolute Gasteiger partial charge is 0.361 e. The highest BCUT2D eigenvalue weighted by Crippen LogP contribution is 2.19. The predicted molar refractivity (Wildman–Crippen MR) is 75.9 cm³/mol. The molecule has 1 N–H and O–H groups in total. The number of hydrogen-bond acceptors (Lipinski definition) is 3. The van der Waals surface area contributed by atoms with Gasteiger partial charge in [-0.1, -0.05) is 0 Å². The van der Waals surface area contributed by atoms with E-state index in [0.29, 0.717) is 0 Å². The summed E-state index contributed by atoms with van der Waals surface area (Å²) in [6, 6.07) is 5.85. The first-order valence-electron chi connectivity index (χ1n) is 6.12. The zero-order valence-electron chi connectivity index (χ0n) is 10.6. The summed E-state index contributed by atoms with van der Waals surface area (Å²) in [6.45, 7) is 0. The molecular formula is C15H12N4O. The Morgan fingerprint density at radius 2 is 2.00 bits per heavy atom. The van der Waals surface area contributed by atoms with E-state index in [0.717, 1.165) is 16.8 Å². The van der Waals surface area contributed by atoms with Gasteiger partial charge in [0, 0.05) is 42.8 Å². The summed E-state index contributed by atoms with van der Waals surface area (Å²) in [7, 11) is 0. The van der Waals surface area contributed by atoms with Gasteiger partial charge in [0.25, 0.3) is 5.91 Å². The van der Waals surface area contributed by atoms with Crippen molar-refractivity contribution < 1.29 is 4.79 Å². The fraction of sp³-hybridized carbons (Fsp3) is 0. The summed E-state index contributed by atoms with van der Waals surface area (Å²) in [5, 5.41) is 0. The number of nitrogens with zero attached hydrogens (tertiary/aromatic N) is 3. The summed E-state index contributed by atoms with van der Waals surface area (Å²) in [6.07, 6.45) is 13.3. The Morgan fingerprint density at radius 3 is 2.75 bits per heavy atom. The van der Waals surface area contributed by atoms with Gasteiger partial charge in [-0.15, -0.1) is 0 Å². The highest BCUT2D eigenvalue weighted by Gasteiger charge is 2.01. The molecule has 0 aliphatic carbocycles. The van der Waals surface area contributed by atoms with Gasteiger partial charge in [0.05, 0.1) is 0 Å². The first-order valence-corrected chi connectivity index (χ1v) is 6.12. The highest BCUT2D eigenvalue weighted by atomic mass is 16.1. The smallest absolute Gasteiger partial charge is 0.255 e. The maximum absolute atomic E-state index is 11.8. The Morgan fingerprint density at radius 1 is 1.15 bits per heavy atom. The SMILES string of the molecule is O=C(/C=C/c1cc(-c2ccncc2)c[nH]1)n1ccnc1. The fourth-order valence-corrected chi connectivity index (χ4v) is 1.86. The molecule has 0 atom stereocenters. The third-order valence-electron chi connectivity index (χ3n) is 2.88. The number of H-pyrrole nitrogens is 1. The van der Waals surface area contributed by atoms with Crippen molar-refractivity contribution in [2.75, 3.05) is 0 Å². The zero-order valence-corrected chi connectivity index (χ0v) is 10.6. The Balaban J connectivity index is 1.76. The minimum absolute atomic E-state index is 0.137. The molecule has 0 aliphatic heterocycles. The molecule has 20 heavy (non-hydrogen) atoms. The van der Waals surface area contributed by atoms with Crippen LogP contribution in [0.4, 0.5) is 0 Å². The molecule has 0 bridgehead atoms. The number of rotatable bonds is 3. The van der Waals surface area contributed by atoms with Gasteiger partial charge in [-0.25, -0.2) is 4.98 Å². The van der Waals surface area contributed by atoms with E-state index in [4.69, 9.17) is 0 Å². The molecular weight excluding hydrogens is 252 g/mol. The molecule has 98 valence electrons. The summed E-state index contributed by atoms with van der Waals surface area (Å²) in [5.74, 6) is -0.137. The van der Waals surface area contributed by atoms with Crippen LogP contribution in [-0.4, -0.2) is 25.4 Å². The van der Waals surface area contributed by atoms with Crippen LogP contribution in [0.25, 0.3) is 17.2 Å². The van der Waals surface area contributed by atoms with Crippen LogP contribution in [0.1, 0.15) is 10.5 Å². The average Bonchev–Trinajstić information content (AvgIpc) is 3.17. The molecule has 3 heterocycles. The molecule has 0 spiro atoms. The van der Waals surface area contributed by atoms with Gasteiger partial charge in [0.2, 0.25) is 0 Å². The van der Waals surface area contributed by atoms with Crippen LogP contribution >= 0.6 is 0 Å². The second-order valence-corrected chi connectivity index (χ2v) is 4.22. The van der Waals surface area contributed by atoms with E-state index < -0.39 is 0 Å². The second kappa shape index (κ2) is 5.36. The fourth-order valence-electron chi connectivity index (χ4n) is 1.86. The van der Waals surface area contributed by atoms with Crippen molar-refractivity contribution in [3.05, 3.63) is 67.3 Å². The van der Waals surface area contributed by atoms with Crippen LogP contribution in [-0.2, 0) is 0 Å². The van der Waals surface area contributed by atoms with E-state index in [2.05, 4.69) is 15.0 Å². The first kappa shape index (κ1) is 12.1. The van der Waals surface area contributed by atoms with Crippen molar-refractivity contribution in [2.45, 2.75) is 0 Å². The number of pyridine rings is 1. The van der Waals surface area contributed by atoms with Gasteiger partial charge in [-0.3, -0.25) is 14.3 Å². The predicted octanol–water partition coefficient (Wildman–Crippen LogP) is 2.63. The van der Waals surface area contributed by atoms with Crippen LogP contribution in [0.3, 0.4) is 0 Å². The molecule has 3 rings (SSSR count). The summed E-state index contributed by atoms with van der Waals surface area (Å²) in [4.78, 5) is 22.7. The Kier molecular flexibility index (Phi) is 3.24. The lowest BCUT2D eigenvalue weighted by Crippen LogP contribution is -2.03. The van der Waals surface area contributed by atoms with E-state index in [-0.39, 0.29) is 5.91 Å². The number of hydrogen-bond donors (Lipinski definition) is 1. The lowest BCUT2D eigenvalue weighted by Gasteiger charge is -1.94. The first-order chi connectivity index (χ1) is 9.83. The highest BCUT2D eigenvalue weighted by molar-refractivity contribution is 5.93. The van der Waals surface area contributed by atoms with E-state index in [9.17, 15) is 4.79 Å². The van der Waals surface area contributed by atoms with Crippen molar-refractivity contribution in [2.24, 2.45) is 0 Å². The third-order valence-corrected chi connectivity index (χ3v) is 2.88. The van der Waals surface area contributed by atoms with E-state index >= 15 is 0 Å². The molecule has 0 unspecified atom stereocenters. The van der Waals surface area contributed by atoms with Crippen LogP contribution in [0, 0.1) is 0 Å². The normalized spacial score (nSPS) is 11.0. The maximum Gasteiger partial charge on any atom is 0.255 e. The third kappa shape index (κ3) is 2.56.